The molecule has 4 nitrogen and oxygen atoms in total. The van der Waals surface area contributed by atoms with Crippen molar-refractivity contribution in [2.75, 3.05) is 13.1 Å². The van der Waals surface area contributed by atoms with Crippen LogP contribution in [-0.2, 0) is 0 Å². The molecular formula is C13H17N3O. The average molecular weight is 231 g/mol. The van der Waals surface area contributed by atoms with E-state index in [2.05, 4.69) is 11.1 Å². The van der Waals surface area contributed by atoms with Crippen molar-refractivity contribution >= 4 is 5.91 Å². The molecule has 1 heterocycles. The molecule has 1 aromatic rings. The van der Waals surface area contributed by atoms with Crippen molar-refractivity contribution in [1.29, 1.82) is 5.26 Å². The molecule has 1 unspecified atom stereocenters. The van der Waals surface area contributed by atoms with Crippen LogP contribution in [0.15, 0.2) is 18.5 Å². The minimum atomic E-state index is -0.156. The molecule has 0 bridgehead atoms. The van der Waals surface area contributed by atoms with Gasteiger partial charge in [-0.3, -0.25) is 9.78 Å². The van der Waals surface area contributed by atoms with Gasteiger partial charge in [0.05, 0.1) is 17.6 Å². The van der Waals surface area contributed by atoms with Crippen LogP contribution in [0.2, 0.25) is 0 Å². The average Bonchev–Trinajstić information content (AvgIpc) is 2.34. The molecule has 4 heteroatoms. The topological polar surface area (TPSA) is 57.0 Å². The number of hydrogen-bond acceptors (Lipinski definition) is 3. The first kappa shape index (κ1) is 13.2. The second-order valence-corrected chi connectivity index (χ2v) is 4.12. The van der Waals surface area contributed by atoms with E-state index in [9.17, 15) is 4.79 Å². The highest BCUT2D eigenvalue weighted by Crippen LogP contribution is 2.08. The molecule has 0 aliphatic heterocycles. The van der Waals surface area contributed by atoms with E-state index in [0.29, 0.717) is 18.7 Å². The second-order valence-electron chi connectivity index (χ2n) is 4.12. The van der Waals surface area contributed by atoms with Crippen LogP contribution in [0.3, 0.4) is 0 Å². The molecule has 90 valence electrons. The van der Waals surface area contributed by atoms with Crippen LogP contribution in [-0.4, -0.2) is 28.9 Å². The molecule has 0 saturated heterocycles. The molecule has 1 aromatic heterocycles. The van der Waals surface area contributed by atoms with Gasteiger partial charge in [0.25, 0.3) is 5.91 Å². The van der Waals surface area contributed by atoms with Crippen molar-refractivity contribution < 1.29 is 4.79 Å². The van der Waals surface area contributed by atoms with Crippen LogP contribution < -0.4 is 0 Å². The number of pyridine rings is 1. The monoisotopic (exact) mass is 231 g/mol. The van der Waals surface area contributed by atoms with Gasteiger partial charge >= 0.3 is 0 Å². The summed E-state index contributed by atoms with van der Waals surface area (Å²) in [6.45, 7) is 6.67. The number of amides is 1. The highest BCUT2D eigenvalue weighted by atomic mass is 16.2. The number of rotatable bonds is 4. The Kier molecular flexibility index (Phi) is 4.65. The first-order valence-corrected chi connectivity index (χ1v) is 5.69. The van der Waals surface area contributed by atoms with Gasteiger partial charge in [-0.2, -0.15) is 5.26 Å². The van der Waals surface area contributed by atoms with E-state index in [0.717, 1.165) is 5.56 Å². The molecule has 0 fully saturated rings. The van der Waals surface area contributed by atoms with Crippen molar-refractivity contribution in [2.24, 2.45) is 5.92 Å². The fourth-order valence-corrected chi connectivity index (χ4v) is 1.58. The van der Waals surface area contributed by atoms with Crippen LogP contribution in [0.25, 0.3) is 0 Å². The first-order chi connectivity index (χ1) is 8.08. The molecule has 0 saturated carbocycles. The third kappa shape index (κ3) is 3.56. The number of aromatic nitrogens is 1. The largest absolute Gasteiger partial charge is 0.338 e. The van der Waals surface area contributed by atoms with E-state index in [1.807, 2.05) is 26.8 Å². The maximum absolute atomic E-state index is 12.2. The van der Waals surface area contributed by atoms with Crippen LogP contribution in [0.5, 0.6) is 0 Å². The summed E-state index contributed by atoms with van der Waals surface area (Å²) in [6, 6.07) is 3.95. The van der Waals surface area contributed by atoms with E-state index in [-0.39, 0.29) is 11.8 Å². The van der Waals surface area contributed by atoms with Crippen LogP contribution in [0.4, 0.5) is 0 Å². The Morgan fingerprint density at radius 3 is 2.82 bits per heavy atom. The van der Waals surface area contributed by atoms with Crippen LogP contribution >= 0.6 is 0 Å². The molecular weight excluding hydrogens is 214 g/mol. The lowest BCUT2D eigenvalue weighted by molar-refractivity contribution is 0.0752. The van der Waals surface area contributed by atoms with E-state index in [1.165, 1.54) is 0 Å². The third-order valence-corrected chi connectivity index (χ3v) is 2.51. The number of carbonyl (C=O) groups is 1. The Balaban J connectivity index is 2.83. The molecule has 0 spiro atoms. The lowest BCUT2D eigenvalue weighted by Gasteiger charge is -2.21. The second kappa shape index (κ2) is 6.00. The molecule has 0 radical (unpaired) electrons. The molecule has 0 N–H and O–H groups in total. The van der Waals surface area contributed by atoms with Crippen LogP contribution in [0.1, 0.15) is 29.8 Å². The van der Waals surface area contributed by atoms with Gasteiger partial charge in [0.2, 0.25) is 0 Å². The quantitative estimate of drug-likeness (QED) is 0.796. The van der Waals surface area contributed by atoms with Gasteiger partial charge < -0.3 is 4.90 Å². The Hall–Kier alpha value is -1.89. The Labute approximate surface area is 102 Å². The number of aryl methyl sites for hydroxylation is 1. The van der Waals surface area contributed by atoms with Gasteiger partial charge in [0, 0.05) is 25.5 Å². The highest BCUT2D eigenvalue weighted by molar-refractivity contribution is 5.94. The van der Waals surface area contributed by atoms with E-state index in [4.69, 9.17) is 5.26 Å². The van der Waals surface area contributed by atoms with E-state index >= 15 is 0 Å². The fraction of sp³-hybridized carbons (Fsp3) is 0.462. The number of nitrogens with zero attached hydrogens (tertiary/aromatic N) is 3. The molecule has 0 aromatic carbocycles. The summed E-state index contributed by atoms with van der Waals surface area (Å²) in [7, 11) is 0. The van der Waals surface area contributed by atoms with Gasteiger partial charge in [0.15, 0.2) is 0 Å². The van der Waals surface area contributed by atoms with E-state index in [1.54, 1.807) is 17.3 Å². The Morgan fingerprint density at radius 2 is 2.29 bits per heavy atom. The predicted octanol–water partition coefficient (Wildman–Crippen LogP) is 2.01. The summed E-state index contributed by atoms with van der Waals surface area (Å²) in [4.78, 5) is 17.8. The fourth-order valence-electron chi connectivity index (χ4n) is 1.58. The number of carbonyl (C=O) groups excluding carboxylic acids is 1. The summed E-state index contributed by atoms with van der Waals surface area (Å²) < 4.78 is 0. The van der Waals surface area contributed by atoms with Gasteiger partial charge in [-0.1, -0.05) is 0 Å². The summed E-state index contributed by atoms with van der Waals surface area (Å²) in [5, 5.41) is 8.78. The first-order valence-electron chi connectivity index (χ1n) is 5.69. The lowest BCUT2D eigenvalue weighted by Crippen LogP contribution is -2.34. The van der Waals surface area contributed by atoms with Crippen molar-refractivity contribution in [3.05, 3.63) is 29.6 Å². The molecule has 1 atom stereocenters. The molecule has 0 aliphatic rings. The predicted molar refractivity (Wildman–Crippen MR) is 65.3 cm³/mol. The molecule has 0 aliphatic carbocycles. The number of hydrogen-bond donors (Lipinski definition) is 0. The molecule has 1 amide bonds. The summed E-state index contributed by atoms with van der Waals surface area (Å²) >= 11 is 0. The maximum Gasteiger partial charge on any atom is 0.255 e. The zero-order valence-corrected chi connectivity index (χ0v) is 10.5. The van der Waals surface area contributed by atoms with Crippen molar-refractivity contribution in [1.82, 2.24) is 9.88 Å². The van der Waals surface area contributed by atoms with Gasteiger partial charge in [-0.25, -0.2) is 0 Å². The molecule has 1 rings (SSSR count). The maximum atomic E-state index is 12.2. The third-order valence-electron chi connectivity index (χ3n) is 2.51. The van der Waals surface area contributed by atoms with E-state index < -0.39 is 0 Å². The van der Waals surface area contributed by atoms with Gasteiger partial charge in [-0.15, -0.1) is 0 Å². The lowest BCUT2D eigenvalue weighted by atomic mass is 10.1. The zero-order valence-electron chi connectivity index (χ0n) is 10.5. The highest BCUT2D eigenvalue weighted by Gasteiger charge is 2.16. The van der Waals surface area contributed by atoms with Crippen molar-refractivity contribution in [3.63, 3.8) is 0 Å². The van der Waals surface area contributed by atoms with Crippen molar-refractivity contribution in [2.45, 2.75) is 20.8 Å². The Bertz CT molecular complexity index is 437. The van der Waals surface area contributed by atoms with Crippen molar-refractivity contribution in [3.8, 4) is 6.07 Å². The van der Waals surface area contributed by atoms with Gasteiger partial charge in [-0.05, 0) is 32.4 Å². The normalized spacial score (nSPS) is 11.6. The summed E-state index contributed by atoms with van der Waals surface area (Å²) in [5.74, 6) is -0.220. The standard InChI is InChI=1S/C13H17N3O/c1-4-16(9-11(3)6-14)13(17)12-5-10(2)7-15-8-12/h5,7-8,11H,4,9H2,1-3H3. The number of nitriles is 1. The SMILES string of the molecule is CCN(CC(C)C#N)C(=O)c1cncc(C)c1. The summed E-state index contributed by atoms with van der Waals surface area (Å²) in [6.07, 6.45) is 3.28. The van der Waals surface area contributed by atoms with Crippen LogP contribution in [0, 0.1) is 24.2 Å². The smallest absolute Gasteiger partial charge is 0.255 e. The molecule has 17 heavy (non-hydrogen) atoms. The van der Waals surface area contributed by atoms with Gasteiger partial charge in [0.1, 0.15) is 0 Å². The minimum absolute atomic E-state index is 0.0641. The minimum Gasteiger partial charge on any atom is -0.338 e. The zero-order chi connectivity index (χ0) is 12.8. The Morgan fingerprint density at radius 1 is 1.59 bits per heavy atom. The summed E-state index contributed by atoms with van der Waals surface area (Å²) in [5.41, 5.74) is 1.54.